The molecule has 0 saturated heterocycles. The Bertz CT molecular complexity index is 329. The van der Waals surface area contributed by atoms with E-state index in [1.807, 2.05) is 6.92 Å². The van der Waals surface area contributed by atoms with E-state index >= 15 is 0 Å². The summed E-state index contributed by atoms with van der Waals surface area (Å²) in [5.74, 6) is 0.215. The van der Waals surface area contributed by atoms with Crippen LogP contribution in [0.15, 0.2) is 22.7 Å². The Morgan fingerprint density at radius 2 is 2.18 bits per heavy atom. The number of methoxy groups -OCH3 is 1. The Hall–Kier alpha value is -0.650. The van der Waals surface area contributed by atoms with Crippen LogP contribution in [0.5, 0.6) is 5.75 Å². The largest absolute Gasteiger partial charge is 0.489 e. The molecule has 1 aromatic rings. The predicted molar refractivity (Wildman–Crippen MR) is 68.9 cm³/mol. The van der Waals surface area contributed by atoms with Crippen LogP contribution in [0.1, 0.15) is 6.92 Å². The highest BCUT2D eigenvalue weighted by atomic mass is 79.9. The third-order valence-corrected chi connectivity index (χ3v) is 2.55. The molecule has 5 heteroatoms. The van der Waals surface area contributed by atoms with Crippen molar-refractivity contribution < 1.29 is 13.9 Å². The zero-order chi connectivity index (χ0) is 12.7. The van der Waals surface area contributed by atoms with Gasteiger partial charge in [0.15, 0.2) is 0 Å². The van der Waals surface area contributed by atoms with Gasteiger partial charge < -0.3 is 14.8 Å². The number of hydrogen-bond acceptors (Lipinski definition) is 3. The highest BCUT2D eigenvalue weighted by Gasteiger charge is 2.05. The van der Waals surface area contributed by atoms with Crippen molar-refractivity contribution in [1.29, 1.82) is 0 Å². The van der Waals surface area contributed by atoms with Crippen LogP contribution in [0.3, 0.4) is 0 Å². The zero-order valence-electron chi connectivity index (χ0n) is 10.0. The molecule has 0 fully saturated rings. The molecule has 1 rings (SSSR count). The van der Waals surface area contributed by atoms with Crippen molar-refractivity contribution in [1.82, 2.24) is 5.32 Å². The first-order valence-corrected chi connectivity index (χ1v) is 6.23. The van der Waals surface area contributed by atoms with E-state index in [9.17, 15) is 4.39 Å². The lowest BCUT2D eigenvalue weighted by atomic mass is 10.3. The third kappa shape index (κ3) is 6.00. The lowest BCUT2D eigenvalue weighted by molar-refractivity contribution is 0.184. The normalized spacial score (nSPS) is 12.5. The molecule has 1 unspecified atom stereocenters. The van der Waals surface area contributed by atoms with Crippen LogP contribution in [0.25, 0.3) is 0 Å². The molecule has 0 spiro atoms. The van der Waals surface area contributed by atoms with Gasteiger partial charge in [0.1, 0.15) is 17.7 Å². The van der Waals surface area contributed by atoms with E-state index < -0.39 is 0 Å². The van der Waals surface area contributed by atoms with Gasteiger partial charge in [-0.15, -0.1) is 0 Å². The Morgan fingerprint density at radius 1 is 1.41 bits per heavy atom. The fourth-order valence-electron chi connectivity index (χ4n) is 1.35. The number of benzene rings is 1. The average molecular weight is 306 g/mol. The van der Waals surface area contributed by atoms with Crippen LogP contribution in [-0.2, 0) is 4.74 Å². The average Bonchev–Trinajstić information content (AvgIpc) is 2.23. The molecule has 1 aromatic carbocycles. The van der Waals surface area contributed by atoms with E-state index in [0.717, 1.165) is 6.54 Å². The second-order valence-electron chi connectivity index (χ2n) is 3.73. The van der Waals surface area contributed by atoms with Crippen molar-refractivity contribution in [3.05, 3.63) is 28.5 Å². The van der Waals surface area contributed by atoms with E-state index in [1.54, 1.807) is 13.2 Å². The maximum Gasteiger partial charge on any atom is 0.128 e. The van der Waals surface area contributed by atoms with Crippen molar-refractivity contribution >= 4 is 15.9 Å². The summed E-state index contributed by atoms with van der Waals surface area (Å²) < 4.78 is 24.3. The van der Waals surface area contributed by atoms with Crippen molar-refractivity contribution in [3.63, 3.8) is 0 Å². The van der Waals surface area contributed by atoms with Gasteiger partial charge in [-0.25, -0.2) is 4.39 Å². The minimum Gasteiger partial charge on any atom is -0.489 e. The molecule has 0 heterocycles. The van der Waals surface area contributed by atoms with Gasteiger partial charge in [0, 0.05) is 30.7 Å². The molecule has 96 valence electrons. The predicted octanol–water partition coefficient (Wildman–Crippen LogP) is 2.59. The van der Waals surface area contributed by atoms with Gasteiger partial charge >= 0.3 is 0 Å². The van der Waals surface area contributed by atoms with Crippen LogP contribution in [0, 0.1) is 5.82 Å². The fraction of sp³-hybridized carbons (Fsp3) is 0.500. The van der Waals surface area contributed by atoms with Crippen molar-refractivity contribution in [2.24, 2.45) is 0 Å². The highest BCUT2D eigenvalue weighted by Crippen LogP contribution is 2.21. The number of ether oxygens (including phenoxy) is 2. The summed E-state index contributed by atoms with van der Waals surface area (Å²) in [7, 11) is 1.66. The van der Waals surface area contributed by atoms with Gasteiger partial charge in [-0.3, -0.25) is 0 Å². The molecule has 1 atom stereocenters. The molecule has 0 aliphatic rings. The van der Waals surface area contributed by atoms with Gasteiger partial charge in [0.2, 0.25) is 0 Å². The summed E-state index contributed by atoms with van der Waals surface area (Å²) in [6.45, 7) is 4.06. The molecular weight excluding hydrogens is 289 g/mol. The topological polar surface area (TPSA) is 30.5 Å². The van der Waals surface area contributed by atoms with Gasteiger partial charge in [0.25, 0.3) is 0 Å². The highest BCUT2D eigenvalue weighted by molar-refractivity contribution is 9.10. The lowest BCUT2D eigenvalue weighted by Crippen LogP contribution is -2.31. The summed E-state index contributed by atoms with van der Waals surface area (Å²) in [6, 6.07) is 4.51. The van der Waals surface area contributed by atoms with Crippen molar-refractivity contribution in [3.8, 4) is 5.75 Å². The van der Waals surface area contributed by atoms with E-state index in [1.165, 1.54) is 12.1 Å². The van der Waals surface area contributed by atoms with E-state index in [0.29, 0.717) is 23.4 Å². The molecule has 0 saturated carbocycles. The summed E-state index contributed by atoms with van der Waals surface area (Å²) in [4.78, 5) is 0. The monoisotopic (exact) mass is 305 g/mol. The number of nitrogens with one attached hydrogen (secondary N) is 1. The molecular formula is C12H17BrFNO2. The molecule has 0 aliphatic heterocycles. The third-order valence-electron chi connectivity index (χ3n) is 2.09. The van der Waals surface area contributed by atoms with Crippen LogP contribution in [0.2, 0.25) is 0 Å². The SMILES string of the molecule is COCCNCC(C)Oc1cc(F)cc(Br)c1. The summed E-state index contributed by atoms with van der Waals surface area (Å²) in [5, 5.41) is 3.18. The molecule has 0 radical (unpaired) electrons. The van der Waals surface area contributed by atoms with Crippen LogP contribution in [0.4, 0.5) is 4.39 Å². The van der Waals surface area contributed by atoms with E-state index in [4.69, 9.17) is 9.47 Å². The Balaban J connectivity index is 2.36. The van der Waals surface area contributed by atoms with Crippen LogP contribution >= 0.6 is 15.9 Å². The quantitative estimate of drug-likeness (QED) is 0.786. The van der Waals surface area contributed by atoms with Crippen LogP contribution < -0.4 is 10.1 Å². The summed E-state index contributed by atoms with van der Waals surface area (Å²) in [5.41, 5.74) is 0. The maximum atomic E-state index is 13.1. The number of rotatable bonds is 7. The van der Waals surface area contributed by atoms with Crippen molar-refractivity contribution in [2.45, 2.75) is 13.0 Å². The summed E-state index contributed by atoms with van der Waals surface area (Å²) in [6.07, 6.45) is -0.0273. The van der Waals surface area contributed by atoms with Gasteiger partial charge in [-0.2, -0.15) is 0 Å². The Kier molecular flexibility index (Phi) is 6.47. The molecule has 0 aliphatic carbocycles. The maximum absolute atomic E-state index is 13.1. The molecule has 0 bridgehead atoms. The van der Waals surface area contributed by atoms with Gasteiger partial charge in [-0.05, 0) is 19.1 Å². The first kappa shape index (κ1) is 14.4. The molecule has 0 aromatic heterocycles. The second-order valence-corrected chi connectivity index (χ2v) is 4.65. The fourth-order valence-corrected chi connectivity index (χ4v) is 1.79. The van der Waals surface area contributed by atoms with Gasteiger partial charge in [0.05, 0.1) is 6.61 Å². The standard InChI is InChI=1S/C12H17BrFNO2/c1-9(8-15-3-4-16-2)17-12-6-10(13)5-11(14)7-12/h5-7,9,15H,3-4,8H2,1-2H3. The molecule has 1 N–H and O–H groups in total. The van der Waals surface area contributed by atoms with Crippen LogP contribution in [-0.4, -0.2) is 32.9 Å². The minimum absolute atomic E-state index is 0.0273. The Labute approximate surface area is 109 Å². The number of halogens is 2. The molecule has 17 heavy (non-hydrogen) atoms. The number of hydrogen-bond donors (Lipinski definition) is 1. The van der Waals surface area contributed by atoms with Gasteiger partial charge in [-0.1, -0.05) is 15.9 Å². The first-order valence-electron chi connectivity index (χ1n) is 5.44. The Morgan fingerprint density at radius 3 is 2.82 bits per heavy atom. The second kappa shape index (κ2) is 7.63. The van der Waals surface area contributed by atoms with E-state index in [2.05, 4.69) is 21.2 Å². The van der Waals surface area contributed by atoms with Crippen molar-refractivity contribution in [2.75, 3.05) is 26.8 Å². The lowest BCUT2D eigenvalue weighted by Gasteiger charge is -2.15. The zero-order valence-corrected chi connectivity index (χ0v) is 11.6. The molecule has 0 amide bonds. The minimum atomic E-state index is -0.311. The smallest absolute Gasteiger partial charge is 0.128 e. The van der Waals surface area contributed by atoms with E-state index in [-0.39, 0.29) is 11.9 Å². The summed E-state index contributed by atoms with van der Waals surface area (Å²) >= 11 is 3.22. The first-order chi connectivity index (χ1) is 8.11. The molecule has 3 nitrogen and oxygen atoms in total.